The van der Waals surface area contributed by atoms with Gasteiger partial charge in [0.25, 0.3) is 0 Å². The molecule has 0 saturated heterocycles. The van der Waals surface area contributed by atoms with E-state index in [1.807, 2.05) is 0 Å². The molecule has 0 saturated carbocycles. The normalized spacial score (nSPS) is 12.0. The van der Waals surface area contributed by atoms with E-state index in [2.05, 4.69) is 14.2 Å². The van der Waals surface area contributed by atoms with Crippen LogP contribution in [0.15, 0.2) is 10.3 Å². The number of methoxy groups -OCH3 is 2. The van der Waals surface area contributed by atoms with Crippen LogP contribution >= 0.6 is 11.3 Å². The average Bonchev–Trinajstić information content (AvgIpc) is 2.78. The Morgan fingerprint density at radius 3 is 2.29 bits per heavy atom. The van der Waals surface area contributed by atoms with Gasteiger partial charge in [-0.25, -0.2) is 13.2 Å². The molecule has 1 aromatic heterocycles. The molecule has 1 rings (SSSR count). The minimum absolute atomic E-state index is 0.0387. The molecule has 0 atom stereocenters. The summed E-state index contributed by atoms with van der Waals surface area (Å²) >= 11 is 0.966. The Morgan fingerprint density at radius 1 is 1.24 bits per heavy atom. The predicted octanol–water partition coefficient (Wildman–Crippen LogP) is 1.07. The van der Waals surface area contributed by atoms with Crippen LogP contribution in [0.2, 0.25) is 0 Å². The van der Waals surface area contributed by atoms with E-state index in [0.29, 0.717) is 5.56 Å². The first kappa shape index (κ1) is 17.6. The van der Waals surface area contributed by atoms with Crippen LogP contribution in [-0.2, 0) is 24.3 Å². The topological polar surface area (TPSA) is 98.8 Å². The maximum Gasteiger partial charge on any atom is 0.349 e. The molecule has 0 amide bonds. The van der Waals surface area contributed by atoms with Crippen molar-refractivity contribution in [2.24, 2.45) is 0 Å². The maximum atomic E-state index is 12.5. The largest absolute Gasteiger partial charge is 0.468 e. The summed E-state index contributed by atoms with van der Waals surface area (Å²) in [5, 5.41) is 1.53. The van der Waals surface area contributed by atoms with E-state index in [-0.39, 0.29) is 9.77 Å². The summed E-state index contributed by atoms with van der Waals surface area (Å²) in [6.45, 7) is 4.30. The second kappa shape index (κ2) is 6.12. The van der Waals surface area contributed by atoms with Gasteiger partial charge in [-0.15, -0.1) is 11.3 Å². The second-order valence-electron chi connectivity index (χ2n) is 4.79. The van der Waals surface area contributed by atoms with E-state index in [9.17, 15) is 18.0 Å². The summed E-state index contributed by atoms with van der Waals surface area (Å²) in [5.41, 5.74) is -1.07. The highest BCUT2D eigenvalue weighted by Gasteiger charge is 2.37. The van der Waals surface area contributed by atoms with E-state index < -0.39 is 27.5 Å². The Balaban J connectivity index is 3.30. The highest BCUT2D eigenvalue weighted by Crippen LogP contribution is 2.28. The first-order valence-corrected chi connectivity index (χ1v) is 8.22. The Morgan fingerprint density at radius 2 is 1.81 bits per heavy atom. The fraction of sp³-hybridized carbons (Fsp3) is 0.500. The lowest BCUT2D eigenvalue weighted by Crippen LogP contribution is -2.50. The standard InChI is InChI=1S/C12H17NO6S2/c1-7-6-20-8(10(14)18-4)9(7)21(16,17)13-12(2,3)11(15)19-5/h6,13H,1-5H3. The van der Waals surface area contributed by atoms with E-state index in [1.165, 1.54) is 26.3 Å². The van der Waals surface area contributed by atoms with E-state index in [4.69, 9.17) is 0 Å². The number of hydrogen-bond acceptors (Lipinski definition) is 7. The van der Waals surface area contributed by atoms with E-state index in [1.54, 1.807) is 6.92 Å². The summed E-state index contributed by atoms with van der Waals surface area (Å²) in [7, 11) is -1.76. The lowest BCUT2D eigenvalue weighted by molar-refractivity contribution is -0.146. The van der Waals surface area contributed by atoms with Crippen LogP contribution in [0, 0.1) is 6.92 Å². The fourth-order valence-corrected chi connectivity index (χ4v) is 4.76. The molecular weight excluding hydrogens is 318 g/mol. The number of nitrogens with one attached hydrogen (secondary N) is 1. The fourth-order valence-electron chi connectivity index (χ4n) is 1.68. The number of carbonyl (C=O) groups is 2. The van der Waals surface area contributed by atoms with Crippen molar-refractivity contribution in [2.45, 2.75) is 31.2 Å². The number of carbonyl (C=O) groups excluding carboxylic acids is 2. The van der Waals surface area contributed by atoms with Crippen LogP contribution in [0.4, 0.5) is 0 Å². The summed E-state index contributed by atoms with van der Waals surface area (Å²) in [6.07, 6.45) is 0. The van der Waals surface area contributed by atoms with Gasteiger partial charge in [-0.2, -0.15) is 4.72 Å². The summed E-state index contributed by atoms with van der Waals surface area (Å²) in [5.74, 6) is -1.48. The zero-order valence-electron chi connectivity index (χ0n) is 12.3. The minimum atomic E-state index is -4.09. The molecule has 0 spiro atoms. The van der Waals surface area contributed by atoms with Crippen LogP contribution in [0.1, 0.15) is 29.1 Å². The van der Waals surface area contributed by atoms with Crippen LogP contribution in [-0.4, -0.2) is 40.1 Å². The number of ether oxygens (including phenoxy) is 2. The highest BCUT2D eigenvalue weighted by molar-refractivity contribution is 7.89. The van der Waals surface area contributed by atoms with Gasteiger partial charge in [-0.1, -0.05) is 0 Å². The highest BCUT2D eigenvalue weighted by atomic mass is 32.2. The van der Waals surface area contributed by atoms with Gasteiger partial charge in [-0.3, -0.25) is 4.79 Å². The molecule has 1 aromatic rings. The van der Waals surface area contributed by atoms with Crippen LogP contribution in [0.5, 0.6) is 0 Å². The molecule has 1 N–H and O–H groups in total. The average molecular weight is 335 g/mol. The van der Waals surface area contributed by atoms with Gasteiger partial charge >= 0.3 is 11.9 Å². The van der Waals surface area contributed by atoms with Gasteiger partial charge in [-0.05, 0) is 31.7 Å². The van der Waals surface area contributed by atoms with E-state index in [0.717, 1.165) is 18.4 Å². The molecule has 0 radical (unpaired) electrons. The third kappa shape index (κ3) is 3.60. The second-order valence-corrected chi connectivity index (χ2v) is 7.29. The molecule has 118 valence electrons. The SMILES string of the molecule is COC(=O)c1scc(C)c1S(=O)(=O)NC(C)(C)C(=O)OC. The zero-order valence-corrected chi connectivity index (χ0v) is 14.0. The molecule has 0 aromatic carbocycles. The van der Waals surface area contributed by atoms with E-state index >= 15 is 0 Å². The monoisotopic (exact) mass is 335 g/mol. The van der Waals surface area contributed by atoms with Crippen LogP contribution in [0.25, 0.3) is 0 Å². The number of aryl methyl sites for hydroxylation is 1. The third-order valence-electron chi connectivity index (χ3n) is 2.64. The van der Waals surface area contributed by atoms with Crippen molar-refractivity contribution in [3.8, 4) is 0 Å². The van der Waals surface area contributed by atoms with Gasteiger partial charge < -0.3 is 9.47 Å². The maximum absolute atomic E-state index is 12.5. The van der Waals surface area contributed by atoms with Gasteiger partial charge in [0.2, 0.25) is 10.0 Å². The first-order valence-electron chi connectivity index (χ1n) is 5.85. The number of sulfonamides is 1. The van der Waals surface area contributed by atoms with Crippen LogP contribution in [0.3, 0.4) is 0 Å². The summed E-state index contributed by atoms with van der Waals surface area (Å²) in [6, 6.07) is 0. The van der Waals surface area contributed by atoms with Crippen molar-refractivity contribution in [2.75, 3.05) is 14.2 Å². The Labute approximate surface area is 127 Å². The molecule has 0 aliphatic heterocycles. The molecule has 0 bridgehead atoms. The molecule has 0 aliphatic carbocycles. The first-order chi connectivity index (χ1) is 9.56. The van der Waals surface area contributed by atoms with Crippen LogP contribution < -0.4 is 4.72 Å². The van der Waals surface area contributed by atoms with Crippen molar-refractivity contribution < 1.29 is 27.5 Å². The molecule has 1 heterocycles. The molecule has 7 nitrogen and oxygen atoms in total. The van der Waals surface area contributed by atoms with Crippen molar-refractivity contribution in [3.05, 3.63) is 15.8 Å². The number of esters is 2. The number of rotatable bonds is 5. The van der Waals surface area contributed by atoms with Crippen molar-refractivity contribution in [1.82, 2.24) is 4.72 Å². The smallest absolute Gasteiger partial charge is 0.349 e. The quantitative estimate of drug-likeness (QED) is 0.808. The predicted molar refractivity (Wildman–Crippen MR) is 76.8 cm³/mol. The molecule has 0 fully saturated rings. The van der Waals surface area contributed by atoms with Crippen molar-refractivity contribution in [3.63, 3.8) is 0 Å². The summed E-state index contributed by atoms with van der Waals surface area (Å²) < 4.78 is 36.3. The Bertz CT molecular complexity index is 659. The number of thiophene rings is 1. The van der Waals surface area contributed by atoms with Gasteiger partial charge in [0, 0.05) is 0 Å². The number of hydrogen-bond donors (Lipinski definition) is 1. The molecule has 21 heavy (non-hydrogen) atoms. The third-order valence-corrected chi connectivity index (χ3v) is 5.69. The van der Waals surface area contributed by atoms with Gasteiger partial charge in [0.15, 0.2) is 0 Å². The molecule has 9 heteroatoms. The lowest BCUT2D eigenvalue weighted by atomic mass is 10.1. The molecular formula is C12H17NO6S2. The van der Waals surface area contributed by atoms with Crippen molar-refractivity contribution in [1.29, 1.82) is 0 Å². The molecule has 0 aliphatic rings. The summed E-state index contributed by atoms with van der Waals surface area (Å²) in [4.78, 5) is 23.0. The van der Waals surface area contributed by atoms with Gasteiger partial charge in [0.1, 0.15) is 15.3 Å². The molecule has 0 unspecified atom stereocenters. The lowest BCUT2D eigenvalue weighted by Gasteiger charge is -2.23. The zero-order chi connectivity index (χ0) is 16.4. The minimum Gasteiger partial charge on any atom is -0.468 e. The van der Waals surface area contributed by atoms with Crippen molar-refractivity contribution >= 4 is 33.3 Å². The Hall–Kier alpha value is -1.45. The van der Waals surface area contributed by atoms with Gasteiger partial charge in [0.05, 0.1) is 14.2 Å². The Kier molecular flexibility index (Phi) is 5.13.